The summed E-state index contributed by atoms with van der Waals surface area (Å²) in [6.07, 6.45) is 5.37. The highest BCUT2D eigenvalue weighted by atomic mass is 16.3. The van der Waals surface area contributed by atoms with Crippen LogP contribution in [-0.2, 0) is 0 Å². The van der Waals surface area contributed by atoms with Crippen molar-refractivity contribution >= 4 is 17.2 Å². The first-order valence-electron chi connectivity index (χ1n) is 7.25. The molecule has 0 fully saturated rings. The minimum absolute atomic E-state index is 0.231. The highest BCUT2D eigenvalue weighted by Gasteiger charge is 2.10. The highest BCUT2D eigenvalue weighted by Crippen LogP contribution is 2.26. The lowest BCUT2D eigenvalue weighted by atomic mass is 10.1. The maximum atomic E-state index is 9.68. The number of imidazole rings is 1. The van der Waals surface area contributed by atoms with Crippen LogP contribution in [0.1, 0.15) is 0 Å². The molecule has 0 aliphatic heterocycles. The van der Waals surface area contributed by atoms with Gasteiger partial charge >= 0.3 is 0 Å². The second-order valence-electron chi connectivity index (χ2n) is 5.15. The molecule has 0 amide bonds. The predicted molar refractivity (Wildman–Crippen MR) is 89.8 cm³/mol. The van der Waals surface area contributed by atoms with Gasteiger partial charge in [0.2, 0.25) is 0 Å². The van der Waals surface area contributed by atoms with Crippen molar-refractivity contribution in [2.75, 3.05) is 5.32 Å². The zero-order valence-corrected chi connectivity index (χ0v) is 12.2. The van der Waals surface area contributed by atoms with E-state index in [-0.39, 0.29) is 5.75 Å². The zero-order chi connectivity index (χ0) is 15.6. The van der Waals surface area contributed by atoms with E-state index < -0.39 is 0 Å². The normalized spacial score (nSPS) is 10.8. The summed E-state index contributed by atoms with van der Waals surface area (Å²) in [7, 11) is 0. The number of benzene rings is 2. The number of phenolic OH excluding ortho intramolecular Hbond substituents is 1. The molecule has 0 radical (unpaired) electrons. The molecule has 0 aliphatic rings. The number of hydrogen-bond acceptors (Lipinski definition) is 4. The number of aromatic nitrogens is 3. The molecule has 5 nitrogen and oxygen atoms in total. The third-order valence-electron chi connectivity index (χ3n) is 3.61. The van der Waals surface area contributed by atoms with Crippen LogP contribution in [-0.4, -0.2) is 19.5 Å². The SMILES string of the molecule is Oc1cccc(-c2cnc3c(Nc4ccccc4)nccn23)c1. The van der Waals surface area contributed by atoms with E-state index in [1.54, 1.807) is 24.5 Å². The molecule has 2 N–H and O–H groups in total. The molecular formula is C18H14N4O. The standard InChI is InChI=1S/C18H14N4O/c23-15-8-4-5-13(11-15)16-12-20-18-17(19-9-10-22(16)18)21-14-6-2-1-3-7-14/h1-12,23H,(H,19,21). The van der Waals surface area contributed by atoms with E-state index in [2.05, 4.69) is 15.3 Å². The van der Waals surface area contributed by atoms with Gasteiger partial charge in [0.1, 0.15) is 5.75 Å². The molecule has 0 saturated carbocycles. The van der Waals surface area contributed by atoms with E-state index in [9.17, 15) is 5.11 Å². The number of nitrogens with zero attached hydrogens (tertiary/aromatic N) is 3. The molecule has 0 saturated heterocycles. The highest BCUT2D eigenvalue weighted by molar-refractivity contribution is 5.74. The van der Waals surface area contributed by atoms with Crippen molar-refractivity contribution in [2.24, 2.45) is 0 Å². The Bertz CT molecular complexity index is 963. The fourth-order valence-electron chi connectivity index (χ4n) is 2.54. The molecule has 112 valence electrons. The largest absolute Gasteiger partial charge is 0.508 e. The van der Waals surface area contributed by atoms with Gasteiger partial charge in [0.05, 0.1) is 11.9 Å². The van der Waals surface area contributed by atoms with Crippen molar-refractivity contribution in [1.82, 2.24) is 14.4 Å². The number of anilines is 2. The number of nitrogens with one attached hydrogen (secondary N) is 1. The van der Waals surface area contributed by atoms with E-state index in [4.69, 9.17) is 0 Å². The van der Waals surface area contributed by atoms with Crippen molar-refractivity contribution in [3.63, 3.8) is 0 Å². The fourth-order valence-corrected chi connectivity index (χ4v) is 2.54. The summed E-state index contributed by atoms with van der Waals surface area (Å²) in [6, 6.07) is 17.0. The van der Waals surface area contributed by atoms with Crippen LogP contribution in [0.3, 0.4) is 0 Å². The average molecular weight is 302 g/mol. The lowest BCUT2D eigenvalue weighted by molar-refractivity contribution is 0.475. The van der Waals surface area contributed by atoms with E-state index in [1.165, 1.54) is 0 Å². The molecular weight excluding hydrogens is 288 g/mol. The summed E-state index contributed by atoms with van der Waals surface area (Å²) in [6.45, 7) is 0. The summed E-state index contributed by atoms with van der Waals surface area (Å²) in [4.78, 5) is 8.86. The molecule has 4 rings (SSSR count). The van der Waals surface area contributed by atoms with E-state index in [0.29, 0.717) is 5.82 Å². The first kappa shape index (κ1) is 13.3. The summed E-state index contributed by atoms with van der Waals surface area (Å²) < 4.78 is 1.95. The molecule has 2 heterocycles. The van der Waals surface area contributed by atoms with E-state index in [0.717, 1.165) is 22.6 Å². The molecule has 0 bridgehead atoms. The lowest BCUT2D eigenvalue weighted by Crippen LogP contribution is -1.98. The number of hydrogen-bond donors (Lipinski definition) is 2. The van der Waals surface area contributed by atoms with Crippen molar-refractivity contribution in [3.8, 4) is 17.0 Å². The Morgan fingerprint density at radius 1 is 0.957 bits per heavy atom. The predicted octanol–water partition coefficient (Wildman–Crippen LogP) is 3.85. The molecule has 0 spiro atoms. The van der Waals surface area contributed by atoms with Gasteiger partial charge in [-0.3, -0.25) is 4.40 Å². The van der Waals surface area contributed by atoms with Crippen LogP contribution in [0.2, 0.25) is 0 Å². The summed E-state index contributed by atoms with van der Waals surface area (Å²) in [5.74, 6) is 0.916. The van der Waals surface area contributed by atoms with Gasteiger partial charge in [0.15, 0.2) is 11.5 Å². The molecule has 2 aromatic heterocycles. The second-order valence-corrected chi connectivity index (χ2v) is 5.15. The quantitative estimate of drug-likeness (QED) is 0.603. The molecule has 5 heteroatoms. The van der Waals surface area contributed by atoms with Crippen LogP contribution in [0.25, 0.3) is 16.9 Å². The van der Waals surface area contributed by atoms with Gasteiger partial charge in [-0.15, -0.1) is 0 Å². The number of fused-ring (bicyclic) bond motifs is 1. The fraction of sp³-hybridized carbons (Fsp3) is 0. The summed E-state index contributed by atoms with van der Waals surface area (Å²) in [5, 5.41) is 13.0. The topological polar surface area (TPSA) is 62.5 Å². The first-order valence-corrected chi connectivity index (χ1v) is 7.25. The Hall–Kier alpha value is -3.34. The Balaban J connectivity index is 1.81. The molecule has 23 heavy (non-hydrogen) atoms. The van der Waals surface area contributed by atoms with Crippen LogP contribution < -0.4 is 5.32 Å². The first-order chi connectivity index (χ1) is 11.3. The Kier molecular flexibility index (Phi) is 3.16. The second kappa shape index (κ2) is 5.46. The average Bonchev–Trinajstić information content (AvgIpc) is 3.01. The third-order valence-corrected chi connectivity index (χ3v) is 3.61. The van der Waals surface area contributed by atoms with Gasteiger partial charge in [-0.25, -0.2) is 9.97 Å². The van der Waals surface area contributed by atoms with E-state index in [1.807, 2.05) is 53.1 Å². The zero-order valence-electron chi connectivity index (χ0n) is 12.2. The van der Waals surface area contributed by atoms with Crippen LogP contribution >= 0.6 is 0 Å². The van der Waals surface area contributed by atoms with Gasteiger partial charge in [-0.1, -0.05) is 30.3 Å². The Labute approximate surface area is 132 Å². The number of para-hydroxylation sites is 1. The van der Waals surface area contributed by atoms with Gasteiger partial charge in [-0.05, 0) is 24.3 Å². The summed E-state index contributed by atoms with van der Waals surface area (Å²) in [5.41, 5.74) is 3.48. The third kappa shape index (κ3) is 2.48. The molecule has 2 aromatic carbocycles. The summed E-state index contributed by atoms with van der Waals surface area (Å²) >= 11 is 0. The maximum Gasteiger partial charge on any atom is 0.180 e. The maximum absolute atomic E-state index is 9.68. The Morgan fingerprint density at radius 2 is 1.83 bits per heavy atom. The Morgan fingerprint density at radius 3 is 2.65 bits per heavy atom. The van der Waals surface area contributed by atoms with E-state index >= 15 is 0 Å². The van der Waals surface area contributed by atoms with Crippen LogP contribution in [0, 0.1) is 0 Å². The smallest absolute Gasteiger partial charge is 0.180 e. The van der Waals surface area contributed by atoms with Crippen LogP contribution in [0.15, 0.2) is 73.2 Å². The van der Waals surface area contributed by atoms with Crippen molar-refractivity contribution in [3.05, 3.63) is 73.2 Å². The lowest BCUT2D eigenvalue weighted by Gasteiger charge is -2.07. The van der Waals surface area contributed by atoms with Gasteiger partial charge in [0, 0.05) is 23.6 Å². The molecule has 0 unspecified atom stereocenters. The number of aromatic hydroxyl groups is 1. The number of phenols is 1. The molecule has 4 aromatic rings. The monoisotopic (exact) mass is 302 g/mol. The molecule has 0 atom stereocenters. The molecule has 0 aliphatic carbocycles. The van der Waals surface area contributed by atoms with Crippen molar-refractivity contribution in [2.45, 2.75) is 0 Å². The van der Waals surface area contributed by atoms with Gasteiger partial charge in [0.25, 0.3) is 0 Å². The van der Waals surface area contributed by atoms with Gasteiger partial charge < -0.3 is 10.4 Å². The van der Waals surface area contributed by atoms with Crippen molar-refractivity contribution in [1.29, 1.82) is 0 Å². The van der Waals surface area contributed by atoms with Gasteiger partial charge in [-0.2, -0.15) is 0 Å². The minimum atomic E-state index is 0.231. The van der Waals surface area contributed by atoms with Crippen LogP contribution in [0.4, 0.5) is 11.5 Å². The van der Waals surface area contributed by atoms with Crippen molar-refractivity contribution < 1.29 is 5.11 Å². The minimum Gasteiger partial charge on any atom is -0.508 e. The number of rotatable bonds is 3. The van der Waals surface area contributed by atoms with Crippen LogP contribution in [0.5, 0.6) is 5.75 Å².